The predicted octanol–water partition coefficient (Wildman–Crippen LogP) is 3.44. The van der Waals surface area contributed by atoms with Gasteiger partial charge in [-0.1, -0.05) is 26.0 Å². The lowest BCUT2D eigenvalue weighted by Gasteiger charge is -2.25. The van der Waals surface area contributed by atoms with E-state index in [1.165, 1.54) is 5.56 Å². The topological polar surface area (TPSA) is 46.5 Å². The highest BCUT2D eigenvalue weighted by Crippen LogP contribution is 2.24. The molecule has 0 aliphatic heterocycles. The molecule has 0 spiro atoms. The van der Waals surface area contributed by atoms with E-state index < -0.39 is 11.6 Å². The van der Waals surface area contributed by atoms with Gasteiger partial charge in [-0.3, -0.25) is 4.79 Å². The van der Waals surface area contributed by atoms with Crippen molar-refractivity contribution in [3.05, 3.63) is 29.8 Å². The van der Waals surface area contributed by atoms with Crippen LogP contribution in [0.15, 0.2) is 24.3 Å². The number of carboxylic acid groups (broad SMARTS) is 1. The van der Waals surface area contributed by atoms with Crippen molar-refractivity contribution in [2.24, 2.45) is 0 Å². The molecule has 0 radical (unpaired) electrons. The smallest absolute Gasteiger partial charge is 0.307 e. The van der Waals surface area contributed by atoms with E-state index in [1.807, 2.05) is 24.3 Å². The monoisotopic (exact) mass is 236 g/mol. The van der Waals surface area contributed by atoms with Crippen LogP contribution in [0.3, 0.4) is 0 Å². The molecule has 0 aliphatic carbocycles. The molecule has 1 aromatic carbocycles. The largest absolute Gasteiger partial charge is 0.487 e. The first kappa shape index (κ1) is 13.6. The minimum absolute atomic E-state index is 0.0150. The van der Waals surface area contributed by atoms with Crippen molar-refractivity contribution in [2.75, 3.05) is 0 Å². The molecule has 0 saturated carbocycles. The molecule has 0 heterocycles. The minimum atomic E-state index is -0.852. The standard InChI is InChI=1S/C14H20O3/c1-10(2)11-6-5-7-12(8-11)17-14(3,4)9-13(15)16/h5-8,10H,9H2,1-4H3,(H,15,16). The van der Waals surface area contributed by atoms with Gasteiger partial charge in [-0.25, -0.2) is 0 Å². The molecule has 0 unspecified atom stereocenters. The molecule has 0 aromatic heterocycles. The molecule has 1 N–H and O–H groups in total. The number of rotatable bonds is 5. The van der Waals surface area contributed by atoms with Gasteiger partial charge in [0.05, 0.1) is 6.42 Å². The molecular formula is C14H20O3. The first-order valence-corrected chi connectivity index (χ1v) is 5.81. The number of carbonyl (C=O) groups is 1. The Kier molecular flexibility index (Phi) is 4.16. The lowest BCUT2D eigenvalue weighted by Crippen LogP contribution is -2.31. The van der Waals surface area contributed by atoms with Crippen LogP contribution in [0, 0.1) is 0 Å². The quantitative estimate of drug-likeness (QED) is 0.851. The maximum atomic E-state index is 10.7. The third-order valence-electron chi connectivity index (χ3n) is 2.50. The lowest BCUT2D eigenvalue weighted by atomic mass is 10.0. The van der Waals surface area contributed by atoms with Gasteiger partial charge in [0, 0.05) is 0 Å². The molecule has 0 saturated heterocycles. The van der Waals surface area contributed by atoms with Crippen molar-refractivity contribution in [1.82, 2.24) is 0 Å². The Balaban J connectivity index is 2.80. The summed E-state index contributed by atoms with van der Waals surface area (Å²) in [6.45, 7) is 7.79. The summed E-state index contributed by atoms with van der Waals surface area (Å²) in [5.74, 6) is 0.304. The summed E-state index contributed by atoms with van der Waals surface area (Å²) in [7, 11) is 0. The van der Waals surface area contributed by atoms with Gasteiger partial charge < -0.3 is 9.84 Å². The van der Waals surface area contributed by atoms with Crippen molar-refractivity contribution in [3.63, 3.8) is 0 Å². The summed E-state index contributed by atoms with van der Waals surface area (Å²) in [6.07, 6.45) is -0.0150. The average molecular weight is 236 g/mol. The van der Waals surface area contributed by atoms with E-state index in [9.17, 15) is 4.79 Å². The summed E-state index contributed by atoms with van der Waals surface area (Å²) >= 11 is 0. The van der Waals surface area contributed by atoms with Gasteiger partial charge in [0.15, 0.2) is 0 Å². The highest BCUT2D eigenvalue weighted by molar-refractivity contribution is 5.68. The Morgan fingerprint density at radius 1 is 1.41 bits per heavy atom. The van der Waals surface area contributed by atoms with E-state index in [2.05, 4.69) is 13.8 Å². The van der Waals surface area contributed by atoms with Gasteiger partial charge in [-0.2, -0.15) is 0 Å². The van der Waals surface area contributed by atoms with Crippen LogP contribution in [0.4, 0.5) is 0 Å². The Bertz CT molecular complexity index is 394. The Morgan fingerprint density at radius 3 is 2.59 bits per heavy atom. The zero-order valence-electron chi connectivity index (χ0n) is 10.9. The van der Waals surface area contributed by atoms with E-state index in [-0.39, 0.29) is 6.42 Å². The SMILES string of the molecule is CC(C)c1cccc(OC(C)(C)CC(=O)O)c1. The van der Waals surface area contributed by atoms with E-state index in [0.29, 0.717) is 5.92 Å². The lowest BCUT2D eigenvalue weighted by molar-refractivity contribution is -0.140. The summed E-state index contributed by atoms with van der Waals surface area (Å²) in [5, 5.41) is 8.79. The van der Waals surface area contributed by atoms with Crippen LogP contribution >= 0.6 is 0 Å². The van der Waals surface area contributed by atoms with Crippen molar-refractivity contribution in [3.8, 4) is 5.75 Å². The summed E-state index contributed by atoms with van der Waals surface area (Å²) in [5.41, 5.74) is 0.496. The molecule has 1 aromatic rings. The Labute approximate surface area is 102 Å². The van der Waals surface area contributed by atoms with Crippen LogP contribution in [-0.4, -0.2) is 16.7 Å². The average Bonchev–Trinajstić information content (AvgIpc) is 2.14. The van der Waals surface area contributed by atoms with Crippen molar-refractivity contribution >= 4 is 5.97 Å². The Hall–Kier alpha value is -1.51. The molecule has 94 valence electrons. The first-order valence-electron chi connectivity index (χ1n) is 5.81. The van der Waals surface area contributed by atoms with E-state index in [0.717, 1.165) is 5.75 Å². The number of carboxylic acids is 1. The van der Waals surface area contributed by atoms with Gasteiger partial charge in [0.2, 0.25) is 0 Å². The van der Waals surface area contributed by atoms with Crippen molar-refractivity contribution in [1.29, 1.82) is 0 Å². The van der Waals surface area contributed by atoms with E-state index in [4.69, 9.17) is 9.84 Å². The zero-order valence-corrected chi connectivity index (χ0v) is 10.9. The van der Waals surface area contributed by atoms with Crippen molar-refractivity contribution < 1.29 is 14.6 Å². The van der Waals surface area contributed by atoms with Gasteiger partial charge in [-0.15, -0.1) is 0 Å². The number of aliphatic carboxylic acids is 1. The number of benzene rings is 1. The second-order valence-corrected chi connectivity index (χ2v) is 5.16. The molecule has 0 fully saturated rings. The number of hydrogen-bond acceptors (Lipinski definition) is 2. The fourth-order valence-electron chi connectivity index (χ4n) is 1.66. The second kappa shape index (κ2) is 5.21. The molecule has 0 bridgehead atoms. The molecule has 0 amide bonds. The molecule has 1 rings (SSSR count). The van der Waals surface area contributed by atoms with Crippen LogP contribution in [0.5, 0.6) is 5.75 Å². The highest BCUT2D eigenvalue weighted by Gasteiger charge is 2.23. The maximum absolute atomic E-state index is 10.7. The van der Waals surface area contributed by atoms with Crippen LogP contribution in [0.25, 0.3) is 0 Å². The first-order chi connectivity index (χ1) is 7.80. The van der Waals surface area contributed by atoms with Gasteiger partial charge in [0.25, 0.3) is 0 Å². The minimum Gasteiger partial charge on any atom is -0.487 e. The molecule has 17 heavy (non-hydrogen) atoms. The van der Waals surface area contributed by atoms with Crippen molar-refractivity contribution in [2.45, 2.75) is 45.6 Å². The Morgan fingerprint density at radius 2 is 2.06 bits per heavy atom. The summed E-state index contributed by atoms with van der Waals surface area (Å²) < 4.78 is 5.72. The third-order valence-corrected chi connectivity index (χ3v) is 2.50. The highest BCUT2D eigenvalue weighted by atomic mass is 16.5. The molecule has 3 nitrogen and oxygen atoms in total. The van der Waals surface area contributed by atoms with Crippen LogP contribution in [-0.2, 0) is 4.79 Å². The van der Waals surface area contributed by atoms with E-state index in [1.54, 1.807) is 13.8 Å². The maximum Gasteiger partial charge on any atom is 0.307 e. The second-order valence-electron chi connectivity index (χ2n) is 5.16. The molecule has 3 heteroatoms. The third kappa shape index (κ3) is 4.47. The van der Waals surface area contributed by atoms with Gasteiger partial charge >= 0.3 is 5.97 Å². The normalized spacial score (nSPS) is 11.6. The van der Waals surface area contributed by atoms with E-state index >= 15 is 0 Å². The zero-order chi connectivity index (χ0) is 13.1. The van der Waals surface area contributed by atoms with Crippen LogP contribution in [0.1, 0.15) is 45.6 Å². The molecule has 0 aliphatic rings. The van der Waals surface area contributed by atoms with Crippen LogP contribution in [0.2, 0.25) is 0 Å². The van der Waals surface area contributed by atoms with Gasteiger partial charge in [-0.05, 0) is 37.5 Å². The van der Waals surface area contributed by atoms with Gasteiger partial charge in [0.1, 0.15) is 11.4 Å². The number of ether oxygens (including phenoxy) is 1. The summed E-state index contributed by atoms with van der Waals surface area (Å²) in [6, 6.07) is 7.80. The summed E-state index contributed by atoms with van der Waals surface area (Å²) in [4.78, 5) is 10.7. The molecular weight excluding hydrogens is 216 g/mol. The molecule has 0 atom stereocenters. The fourth-order valence-corrected chi connectivity index (χ4v) is 1.66. The van der Waals surface area contributed by atoms with Crippen LogP contribution < -0.4 is 4.74 Å². The predicted molar refractivity (Wildman–Crippen MR) is 67.5 cm³/mol. The number of hydrogen-bond donors (Lipinski definition) is 1. The fraction of sp³-hybridized carbons (Fsp3) is 0.500.